The molecule has 100 valence electrons. The Kier molecular flexibility index (Phi) is 5.20. The van der Waals surface area contributed by atoms with Gasteiger partial charge in [-0.2, -0.15) is 0 Å². The molecular weight excluding hydrogens is 304 g/mol. The van der Waals surface area contributed by atoms with Crippen LogP contribution in [0.3, 0.4) is 0 Å². The second kappa shape index (κ2) is 6.47. The molecule has 0 atom stereocenters. The van der Waals surface area contributed by atoms with E-state index in [-0.39, 0.29) is 0 Å². The highest BCUT2D eigenvalue weighted by Crippen LogP contribution is 2.42. The van der Waals surface area contributed by atoms with Gasteiger partial charge in [-0.1, -0.05) is 41.3 Å². The highest BCUT2D eigenvalue weighted by atomic mass is 79.9. The summed E-state index contributed by atoms with van der Waals surface area (Å²) in [5.74, 6) is 1.26. The molecule has 1 aromatic rings. The molecule has 0 radical (unpaired) electrons. The Morgan fingerprint density at radius 1 is 1.11 bits per heavy atom. The van der Waals surface area contributed by atoms with Crippen LogP contribution < -0.4 is 0 Å². The van der Waals surface area contributed by atoms with Crippen molar-refractivity contribution in [3.63, 3.8) is 0 Å². The lowest BCUT2D eigenvalue weighted by atomic mass is 9.77. The minimum absolute atomic E-state index is 0.543. The van der Waals surface area contributed by atoms with Crippen molar-refractivity contribution in [2.45, 2.75) is 50.8 Å². The standard InChI is InChI=1S/C16H23BrS/c1-13-6-7-15(10-14(13)2)18-12-16(11-17)8-4-3-5-9-16/h6-7,10H,3-5,8-9,11-12H2,1-2H3. The quantitative estimate of drug-likeness (QED) is 0.502. The third-order valence-corrected chi connectivity index (χ3v) is 6.75. The average molecular weight is 327 g/mol. The Hall–Kier alpha value is 0.0500. The molecule has 1 aliphatic carbocycles. The van der Waals surface area contributed by atoms with Gasteiger partial charge < -0.3 is 0 Å². The highest BCUT2D eigenvalue weighted by molar-refractivity contribution is 9.09. The molecule has 0 saturated heterocycles. The van der Waals surface area contributed by atoms with Gasteiger partial charge in [-0.25, -0.2) is 0 Å². The van der Waals surface area contributed by atoms with Gasteiger partial charge >= 0.3 is 0 Å². The van der Waals surface area contributed by atoms with Gasteiger partial charge in [-0.05, 0) is 55.4 Å². The first-order valence-electron chi connectivity index (χ1n) is 6.91. The van der Waals surface area contributed by atoms with E-state index >= 15 is 0 Å². The van der Waals surface area contributed by atoms with Crippen LogP contribution in [0, 0.1) is 19.3 Å². The molecule has 0 bridgehead atoms. The third-order valence-electron chi connectivity index (χ3n) is 4.22. The number of benzene rings is 1. The molecule has 1 fully saturated rings. The van der Waals surface area contributed by atoms with E-state index < -0.39 is 0 Å². The molecule has 0 spiro atoms. The number of aryl methyl sites for hydroxylation is 2. The summed E-state index contributed by atoms with van der Waals surface area (Å²) < 4.78 is 0. The number of rotatable bonds is 4. The maximum absolute atomic E-state index is 3.75. The van der Waals surface area contributed by atoms with E-state index in [0.29, 0.717) is 5.41 Å². The molecule has 2 heteroatoms. The smallest absolute Gasteiger partial charge is 0.00959 e. The molecule has 18 heavy (non-hydrogen) atoms. The normalized spacial score (nSPS) is 18.8. The first-order chi connectivity index (χ1) is 8.65. The lowest BCUT2D eigenvalue weighted by Gasteiger charge is -2.35. The van der Waals surface area contributed by atoms with Crippen molar-refractivity contribution in [3.8, 4) is 0 Å². The predicted molar refractivity (Wildman–Crippen MR) is 86.0 cm³/mol. The van der Waals surface area contributed by atoms with Crippen molar-refractivity contribution in [2.75, 3.05) is 11.1 Å². The fraction of sp³-hybridized carbons (Fsp3) is 0.625. The second-order valence-corrected chi connectivity index (χ2v) is 7.34. The summed E-state index contributed by atoms with van der Waals surface area (Å²) in [7, 11) is 0. The monoisotopic (exact) mass is 326 g/mol. The molecule has 1 aromatic carbocycles. The van der Waals surface area contributed by atoms with Crippen LogP contribution in [0.5, 0.6) is 0 Å². The number of hydrogen-bond donors (Lipinski definition) is 0. The van der Waals surface area contributed by atoms with E-state index in [2.05, 4.69) is 48.0 Å². The minimum atomic E-state index is 0.543. The Labute approximate surface area is 124 Å². The van der Waals surface area contributed by atoms with E-state index in [1.165, 1.54) is 53.9 Å². The first-order valence-corrected chi connectivity index (χ1v) is 9.02. The first kappa shape index (κ1) is 14.5. The Bertz CT molecular complexity index is 394. The zero-order valence-electron chi connectivity index (χ0n) is 11.5. The summed E-state index contributed by atoms with van der Waals surface area (Å²) in [6, 6.07) is 6.86. The Morgan fingerprint density at radius 2 is 1.83 bits per heavy atom. The van der Waals surface area contributed by atoms with Gasteiger partial charge in [0.25, 0.3) is 0 Å². The van der Waals surface area contributed by atoms with Crippen LogP contribution >= 0.6 is 27.7 Å². The van der Waals surface area contributed by atoms with Crippen LogP contribution in [0.1, 0.15) is 43.2 Å². The van der Waals surface area contributed by atoms with Gasteiger partial charge in [0.05, 0.1) is 0 Å². The molecule has 0 heterocycles. The van der Waals surface area contributed by atoms with E-state index in [9.17, 15) is 0 Å². The second-order valence-electron chi connectivity index (χ2n) is 5.73. The van der Waals surface area contributed by atoms with Gasteiger partial charge in [0, 0.05) is 16.0 Å². The zero-order valence-corrected chi connectivity index (χ0v) is 13.9. The van der Waals surface area contributed by atoms with Gasteiger partial charge in [0.1, 0.15) is 0 Å². The van der Waals surface area contributed by atoms with Crippen LogP contribution in [-0.4, -0.2) is 11.1 Å². The molecule has 0 N–H and O–H groups in total. The van der Waals surface area contributed by atoms with Gasteiger partial charge in [-0.3, -0.25) is 0 Å². The molecule has 0 aliphatic heterocycles. The minimum Gasteiger partial charge on any atom is -0.126 e. The molecular formula is C16H23BrS. The zero-order chi connectivity index (χ0) is 13.0. The van der Waals surface area contributed by atoms with Crippen LogP contribution in [0.4, 0.5) is 0 Å². The van der Waals surface area contributed by atoms with Crippen molar-refractivity contribution in [2.24, 2.45) is 5.41 Å². The maximum atomic E-state index is 3.75. The van der Waals surface area contributed by atoms with Crippen molar-refractivity contribution < 1.29 is 0 Å². The van der Waals surface area contributed by atoms with Crippen molar-refractivity contribution in [3.05, 3.63) is 29.3 Å². The van der Waals surface area contributed by atoms with Crippen molar-refractivity contribution in [1.82, 2.24) is 0 Å². The summed E-state index contributed by atoms with van der Waals surface area (Å²) in [4.78, 5) is 1.43. The summed E-state index contributed by atoms with van der Waals surface area (Å²) in [5.41, 5.74) is 3.35. The Balaban J connectivity index is 1.98. The summed E-state index contributed by atoms with van der Waals surface area (Å²) >= 11 is 5.80. The SMILES string of the molecule is Cc1ccc(SCC2(CBr)CCCCC2)cc1C. The maximum Gasteiger partial charge on any atom is 0.00959 e. The van der Waals surface area contributed by atoms with E-state index in [0.717, 1.165) is 5.33 Å². The average Bonchev–Trinajstić information content (AvgIpc) is 2.41. The van der Waals surface area contributed by atoms with Gasteiger partial charge in [0.2, 0.25) is 0 Å². The summed E-state index contributed by atoms with van der Waals surface area (Å²) in [6.07, 6.45) is 7.06. The highest BCUT2D eigenvalue weighted by Gasteiger charge is 2.30. The molecule has 1 aliphatic rings. The fourth-order valence-corrected chi connectivity index (χ4v) is 4.97. The van der Waals surface area contributed by atoms with E-state index in [1.807, 2.05) is 11.8 Å². The molecule has 0 aromatic heterocycles. The lowest BCUT2D eigenvalue weighted by Crippen LogP contribution is -2.28. The number of halogens is 1. The lowest BCUT2D eigenvalue weighted by molar-refractivity contribution is 0.260. The molecule has 1 saturated carbocycles. The van der Waals surface area contributed by atoms with Crippen molar-refractivity contribution in [1.29, 1.82) is 0 Å². The number of hydrogen-bond acceptors (Lipinski definition) is 1. The van der Waals surface area contributed by atoms with Crippen molar-refractivity contribution >= 4 is 27.7 Å². The van der Waals surface area contributed by atoms with Gasteiger partial charge in [0.15, 0.2) is 0 Å². The number of alkyl halides is 1. The van der Waals surface area contributed by atoms with Crippen LogP contribution in [0.25, 0.3) is 0 Å². The summed E-state index contributed by atoms with van der Waals surface area (Å²) in [6.45, 7) is 4.39. The third kappa shape index (κ3) is 3.54. The Morgan fingerprint density at radius 3 is 2.44 bits per heavy atom. The molecule has 0 amide bonds. The van der Waals surface area contributed by atoms with Crippen LogP contribution in [0.2, 0.25) is 0 Å². The predicted octanol–water partition coefficient (Wildman–Crippen LogP) is 5.74. The molecule has 0 nitrogen and oxygen atoms in total. The molecule has 2 rings (SSSR count). The van der Waals surface area contributed by atoms with Crippen LogP contribution in [0.15, 0.2) is 23.1 Å². The fourth-order valence-electron chi connectivity index (χ4n) is 2.66. The number of thioether (sulfide) groups is 1. The largest absolute Gasteiger partial charge is 0.126 e. The van der Waals surface area contributed by atoms with Crippen LogP contribution in [-0.2, 0) is 0 Å². The van der Waals surface area contributed by atoms with E-state index in [4.69, 9.17) is 0 Å². The van der Waals surface area contributed by atoms with E-state index in [1.54, 1.807) is 0 Å². The van der Waals surface area contributed by atoms with Gasteiger partial charge in [-0.15, -0.1) is 11.8 Å². The summed E-state index contributed by atoms with van der Waals surface area (Å²) in [5, 5.41) is 1.16. The molecule has 0 unspecified atom stereocenters. The topological polar surface area (TPSA) is 0 Å².